The van der Waals surface area contributed by atoms with Gasteiger partial charge in [0.1, 0.15) is 11.6 Å². The van der Waals surface area contributed by atoms with Crippen LogP contribution in [0.2, 0.25) is 0 Å². The number of nitrogens with two attached hydrogens (primary N) is 2. The Balaban J connectivity index is 2.18. The number of amides is 1. The van der Waals surface area contributed by atoms with Crippen molar-refractivity contribution >= 4 is 11.6 Å². The number of pyridine rings is 1. The molecule has 1 amide bonds. The molecule has 92 valence electrons. The van der Waals surface area contributed by atoms with Gasteiger partial charge in [0.05, 0.1) is 11.3 Å². The van der Waals surface area contributed by atoms with Gasteiger partial charge in [0.15, 0.2) is 0 Å². The van der Waals surface area contributed by atoms with Crippen molar-refractivity contribution in [3.63, 3.8) is 0 Å². The van der Waals surface area contributed by atoms with Crippen LogP contribution in [0, 0.1) is 5.82 Å². The van der Waals surface area contributed by atoms with Crippen molar-refractivity contribution in [2.45, 2.75) is 0 Å². The lowest BCUT2D eigenvalue weighted by atomic mass is 10.3. The number of nitrogen functional groups attached to an aromatic ring is 1. The quantitative estimate of drug-likeness (QED) is 0.807. The van der Waals surface area contributed by atoms with Gasteiger partial charge >= 0.3 is 0 Å². The second kappa shape index (κ2) is 4.70. The monoisotopic (exact) mass is 247 g/mol. The largest absolute Gasteiger partial charge is 0.439 e. The average Bonchev–Trinajstić information content (AvgIpc) is 2.34. The maximum Gasteiger partial charge on any atom is 0.250 e. The minimum Gasteiger partial charge on any atom is -0.439 e. The molecular formula is C12H10FN3O2. The molecule has 0 atom stereocenters. The van der Waals surface area contributed by atoms with Crippen molar-refractivity contribution in [3.8, 4) is 11.6 Å². The molecule has 0 radical (unpaired) electrons. The van der Waals surface area contributed by atoms with Gasteiger partial charge in [-0.05, 0) is 18.2 Å². The minimum atomic E-state index is -0.576. The number of anilines is 1. The Morgan fingerprint density at radius 3 is 2.61 bits per heavy atom. The third-order valence-electron chi connectivity index (χ3n) is 2.22. The normalized spacial score (nSPS) is 10.1. The summed E-state index contributed by atoms with van der Waals surface area (Å²) in [5.41, 5.74) is 10.7. The molecule has 5 nitrogen and oxygen atoms in total. The number of hydrogen-bond donors (Lipinski definition) is 2. The van der Waals surface area contributed by atoms with Gasteiger partial charge in [-0.3, -0.25) is 4.79 Å². The van der Waals surface area contributed by atoms with Gasteiger partial charge in [0, 0.05) is 18.3 Å². The second-order valence-electron chi connectivity index (χ2n) is 3.53. The van der Waals surface area contributed by atoms with E-state index in [1.165, 1.54) is 30.5 Å². The number of carbonyl (C=O) groups excluding carboxylic acids is 1. The van der Waals surface area contributed by atoms with E-state index >= 15 is 0 Å². The molecule has 1 aromatic heterocycles. The summed E-state index contributed by atoms with van der Waals surface area (Å²) in [6.45, 7) is 0. The number of halogens is 1. The molecule has 0 aliphatic rings. The van der Waals surface area contributed by atoms with E-state index in [0.717, 1.165) is 6.07 Å². The summed E-state index contributed by atoms with van der Waals surface area (Å²) in [4.78, 5) is 14.7. The van der Waals surface area contributed by atoms with E-state index in [2.05, 4.69) is 4.98 Å². The van der Waals surface area contributed by atoms with Crippen LogP contribution >= 0.6 is 0 Å². The van der Waals surface area contributed by atoms with Gasteiger partial charge in [0.2, 0.25) is 11.8 Å². The molecule has 0 spiro atoms. The summed E-state index contributed by atoms with van der Waals surface area (Å²) in [5, 5.41) is 0. The van der Waals surface area contributed by atoms with Crippen molar-refractivity contribution in [1.29, 1.82) is 0 Å². The molecule has 2 aromatic rings. The Kier molecular flexibility index (Phi) is 3.09. The Hall–Kier alpha value is -2.63. The van der Waals surface area contributed by atoms with Crippen LogP contribution in [0.3, 0.4) is 0 Å². The fourth-order valence-electron chi connectivity index (χ4n) is 1.28. The zero-order valence-electron chi connectivity index (χ0n) is 9.26. The van der Waals surface area contributed by atoms with Crippen molar-refractivity contribution in [2.24, 2.45) is 5.73 Å². The molecule has 0 saturated carbocycles. The summed E-state index contributed by atoms with van der Waals surface area (Å²) in [7, 11) is 0. The van der Waals surface area contributed by atoms with Crippen LogP contribution in [0.4, 0.5) is 10.1 Å². The molecule has 1 heterocycles. The number of hydrogen-bond acceptors (Lipinski definition) is 4. The van der Waals surface area contributed by atoms with Crippen LogP contribution in [0.1, 0.15) is 10.4 Å². The van der Waals surface area contributed by atoms with Crippen LogP contribution in [0.15, 0.2) is 36.5 Å². The van der Waals surface area contributed by atoms with Crippen molar-refractivity contribution in [3.05, 3.63) is 47.9 Å². The molecule has 0 aliphatic heterocycles. The molecule has 18 heavy (non-hydrogen) atoms. The number of ether oxygens (including phenoxy) is 1. The lowest BCUT2D eigenvalue weighted by Gasteiger charge is -2.05. The predicted octanol–water partition coefficient (Wildman–Crippen LogP) is 1.69. The highest BCUT2D eigenvalue weighted by Crippen LogP contribution is 2.22. The van der Waals surface area contributed by atoms with Crippen LogP contribution in [-0.2, 0) is 0 Å². The lowest BCUT2D eigenvalue weighted by Crippen LogP contribution is -2.10. The zero-order valence-corrected chi connectivity index (χ0v) is 9.26. The standard InChI is InChI=1S/C12H10FN3O2/c13-9-5-8(2-3-10(9)14)18-11-4-1-7(6-16-11)12(15)17/h1-6H,14H2,(H2,15,17). The minimum absolute atomic E-state index is 0.0411. The fourth-order valence-corrected chi connectivity index (χ4v) is 1.28. The number of carbonyl (C=O) groups is 1. The van der Waals surface area contributed by atoms with Crippen LogP contribution in [0.25, 0.3) is 0 Å². The summed E-state index contributed by atoms with van der Waals surface area (Å²) < 4.78 is 18.5. The van der Waals surface area contributed by atoms with Gasteiger partial charge in [0.25, 0.3) is 0 Å². The molecule has 0 aliphatic carbocycles. The number of aromatic nitrogens is 1. The Bertz CT molecular complexity index is 584. The SMILES string of the molecule is NC(=O)c1ccc(Oc2ccc(N)c(F)c2)nc1. The zero-order chi connectivity index (χ0) is 13.1. The maximum atomic E-state index is 13.2. The van der Waals surface area contributed by atoms with E-state index in [1.807, 2.05) is 0 Å². The molecular weight excluding hydrogens is 237 g/mol. The number of primary amides is 1. The van der Waals surface area contributed by atoms with E-state index in [1.54, 1.807) is 0 Å². The third kappa shape index (κ3) is 2.54. The third-order valence-corrected chi connectivity index (χ3v) is 2.22. The first-order valence-electron chi connectivity index (χ1n) is 5.05. The first-order valence-corrected chi connectivity index (χ1v) is 5.05. The highest BCUT2D eigenvalue weighted by molar-refractivity contribution is 5.92. The van der Waals surface area contributed by atoms with Crippen molar-refractivity contribution in [1.82, 2.24) is 4.98 Å². The summed E-state index contributed by atoms with van der Waals surface area (Å²) in [6.07, 6.45) is 1.28. The van der Waals surface area contributed by atoms with Gasteiger partial charge in [-0.1, -0.05) is 0 Å². The Morgan fingerprint density at radius 1 is 1.28 bits per heavy atom. The van der Waals surface area contributed by atoms with Crippen molar-refractivity contribution in [2.75, 3.05) is 5.73 Å². The van der Waals surface area contributed by atoms with Crippen molar-refractivity contribution < 1.29 is 13.9 Å². The van der Waals surface area contributed by atoms with Gasteiger partial charge in [-0.2, -0.15) is 0 Å². The van der Waals surface area contributed by atoms with Crippen LogP contribution in [0.5, 0.6) is 11.6 Å². The first-order chi connectivity index (χ1) is 8.56. The van der Waals surface area contributed by atoms with E-state index < -0.39 is 11.7 Å². The molecule has 0 unspecified atom stereocenters. The molecule has 2 rings (SSSR count). The fraction of sp³-hybridized carbons (Fsp3) is 0. The molecule has 0 bridgehead atoms. The number of rotatable bonds is 3. The molecule has 6 heteroatoms. The van der Waals surface area contributed by atoms with E-state index in [9.17, 15) is 9.18 Å². The molecule has 4 N–H and O–H groups in total. The molecule has 1 aromatic carbocycles. The topological polar surface area (TPSA) is 91.2 Å². The maximum absolute atomic E-state index is 13.2. The highest BCUT2D eigenvalue weighted by Gasteiger charge is 2.05. The predicted molar refractivity (Wildman–Crippen MR) is 63.6 cm³/mol. The first kappa shape index (κ1) is 11.8. The van der Waals surface area contributed by atoms with Crippen LogP contribution < -0.4 is 16.2 Å². The van der Waals surface area contributed by atoms with E-state index in [0.29, 0.717) is 0 Å². The van der Waals surface area contributed by atoms with E-state index in [-0.39, 0.29) is 22.9 Å². The highest BCUT2D eigenvalue weighted by atomic mass is 19.1. The van der Waals surface area contributed by atoms with Gasteiger partial charge in [-0.15, -0.1) is 0 Å². The Labute approximate surface area is 102 Å². The number of benzene rings is 1. The summed E-state index contributed by atoms with van der Waals surface area (Å²) in [5.74, 6) is -0.654. The average molecular weight is 247 g/mol. The van der Waals surface area contributed by atoms with Gasteiger partial charge < -0.3 is 16.2 Å². The number of nitrogens with zero attached hydrogens (tertiary/aromatic N) is 1. The molecule has 0 saturated heterocycles. The lowest BCUT2D eigenvalue weighted by molar-refractivity contribution is 0.1000. The summed E-state index contributed by atoms with van der Waals surface area (Å²) >= 11 is 0. The smallest absolute Gasteiger partial charge is 0.250 e. The second-order valence-corrected chi connectivity index (χ2v) is 3.53. The van der Waals surface area contributed by atoms with Gasteiger partial charge in [-0.25, -0.2) is 9.37 Å². The Morgan fingerprint density at radius 2 is 2.06 bits per heavy atom. The summed E-state index contributed by atoms with van der Waals surface area (Å²) in [6, 6.07) is 7.00. The van der Waals surface area contributed by atoms with Crippen LogP contribution in [-0.4, -0.2) is 10.9 Å². The molecule has 0 fully saturated rings. The van der Waals surface area contributed by atoms with E-state index in [4.69, 9.17) is 16.2 Å².